The lowest BCUT2D eigenvalue weighted by Crippen LogP contribution is -2.33. The van der Waals surface area contributed by atoms with E-state index in [9.17, 15) is 0 Å². The van der Waals surface area contributed by atoms with E-state index in [2.05, 4.69) is 129 Å². The van der Waals surface area contributed by atoms with Gasteiger partial charge in [0.25, 0.3) is 0 Å². The summed E-state index contributed by atoms with van der Waals surface area (Å²) in [5.41, 5.74) is 10.4. The van der Waals surface area contributed by atoms with Gasteiger partial charge in [0.2, 0.25) is 0 Å². The maximum Gasteiger partial charge on any atom is 0.0847 e. The Morgan fingerprint density at radius 2 is 1.05 bits per heavy atom. The first-order chi connectivity index (χ1) is 19.5. The number of hydrogen-bond donors (Lipinski definition) is 0. The van der Waals surface area contributed by atoms with Crippen LogP contribution in [-0.4, -0.2) is 25.0 Å². The van der Waals surface area contributed by atoms with Crippen LogP contribution in [0.25, 0.3) is 21.1 Å². The normalized spacial score (nSPS) is 20.2. The SMILES string of the molecule is CN1CCC(C2c3ccccc3C=C(Br)c3ccccc32)CC1.ClC1c2ccccc2C=C(Br)c2ccccc21. The third-order valence-electron chi connectivity index (χ3n) is 8.44. The fraction of sp³-hybridized carbons (Fsp3) is 0.222. The van der Waals surface area contributed by atoms with E-state index in [1.165, 1.54) is 63.8 Å². The summed E-state index contributed by atoms with van der Waals surface area (Å²) in [4.78, 5) is 2.46. The van der Waals surface area contributed by atoms with E-state index >= 15 is 0 Å². The molecular weight excluding hydrogens is 642 g/mol. The number of piperidine rings is 1. The van der Waals surface area contributed by atoms with Gasteiger partial charge >= 0.3 is 0 Å². The van der Waals surface area contributed by atoms with Gasteiger partial charge in [-0.3, -0.25) is 0 Å². The average molecular weight is 674 g/mol. The van der Waals surface area contributed by atoms with Gasteiger partial charge in [-0.15, -0.1) is 11.6 Å². The molecule has 202 valence electrons. The topological polar surface area (TPSA) is 3.24 Å². The Morgan fingerprint density at radius 1 is 0.600 bits per heavy atom. The number of benzene rings is 4. The van der Waals surface area contributed by atoms with Gasteiger partial charge in [0.1, 0.15) is 0 Å². The van der Waals surface area contributed by atoms with Crippen LogP contribution < -0.4 is 0 Å². The van der Waals surface area contributed by atoms with Crippen molar-refractivity contribution in [2.75, 3.05) is 20.1 Å². The summed E-state index contributed by atoms with van der Waals surface area (Å²) in [6.07, 6.45) is 6.99. The second-order valence-corrected chi connectivity index (χ2v) is 13.0. The van der Waals surface area contributed by atoms with Gasteiger partial charge < -0.3 is 4.90 Å². The van der Waals surface area contributed by atoms with Crippen LogP contribution in [0.2, 0.25) is 0 Å². The Bertz CT molecular complexity index is 1580. The summed E-state index contributed by atoms with van der Waals surface area (Å²) < 4.78 is 2.29. The summed E-state index contributed by atoms with van der Waals surface area (Å²) in [7, 11) is 2.24. The predicted molar refractivity (Wildman–Crippen MR) is 179 cm³/mol. The molecule has 1 nitrogen and oxygen atoms in total. The molecule has 4 aromatic carbocycles. The molecule has 0 radical (unpaired) electrons. The minimum absolute atomic E-state index is 0.0892. The van der Waals surface area contributed by atoms with Gasteiger partial charge in [-0.25, -0.2) is 0 Å². The first-order valence-electron chi connectivity index (χ1n) is 13.9. The Balaban J connectivity index is 0.000000151. The molecule has 4 heteroatoms. The fourth-order valence-corrected chi connectivity index (χ4v) is 7.96. The first kappa shape index (κ1) is 27.7. The molecule has 0 saturated carbocycles. The van der Waals surface area contributed by atoms with Crippen molar-refractivity contribution in [2.24, 2.45) is 5.92 Å². The molecule has 1 aliphatic heterocycles. The Morgan fingerprint density at radius 3 is 1.68 bits per heavy atom. The molecule has 0 bridgehead atoms. The van der Waals surface area contributed by atoms with E-state index in [0.29, 0.717) is 5.92 Å². The molecule has 3 aliphatic rings. The first-order valence-corrected chi connectivity index (χ1v) is 16.0. The van der Waals surface area contributed by atoms with Gasteiger partial charge in [-0.1, -0.05) is 129 Å². The molecule has 2 unspecified atom stereocenters. The molecule has 0 amide bonds. The minimum atomic E-state index is -0.0892. The van der Waals surface area contributed by atoms with Crippen molar-refractivity contribution in [3.05, 3.63) is 142 Å². The maximum atomic E-state index is 6.59. The quantitative estimate of drug-likeness (QED) is 0.182. The van der Waals surface area contributed by atoms with Crippen LogP contribution in [0.4, 0.5) is 0 Å². The number of likely N-dealkylation sites (tertiary alicyclic amines) is 1. The van der Waals surface area contributed by atoms with Crippen molar-refractivity contribution in [3.63, 3.8) is 0 Å². The van der Waals surface area contributed by atoms with Crippen LogP contribution in [0.5, 0.6) is 0 Å². The number of rotatable bonds is 1. The molecule has 1 saturated heterocycles. The molecular formula is C36H32Br2ClN. The Hall–Kier alpha value is -2.43. The lowest BCUT2D eigenvalue weighted by molar-refractivity contribution is 0.207. The highest BCUT2D eigenvalue weighted by Crippen LogP contribution is 2.46. The van der Waals surface area contributed by atoms with E-state index in [1.54, 1.807) is 0 Å². The molecule has 0 aromatic heterocycles. The Labute approximate surface area is 259 Å². The van der Waals surface area contributed by atoms with Crippen LogP contribution in [0, 0.1) is 5.92 Å². The Kier molecular flexibility index (Phi) is 8.46. The van der Waals surface area contributed by atoms with Gasteiger partial charge in [0.15, 0.2) is 0 Å². The van der Waals surface area contributed by atoms with Gasteiger partial charge in [-0.05, 0) is 95.6 Å². The summed E-state index contributed by atoms with van der Waals surface area (Å²) in [5.74, 6) is 1.22. The van der Waals surface area contributed by atoms with Crippen LogP contribution in [-0.2, 0) is 0 Å². The molecule has 2 aliphatic carbocycles. The van der Waals surface area contributed by atoms with E-state index in [1.807, 2.05) is 24.3 Å². The van der Waals surface area contributed by atoms with Crippen molar-refractivity contribution < 1.29 is 0 Å². The van der Waals surface area contributed by atoms with Crippen molar-refractivity contribution in [2.45, 2.75) is 24.1 Å². The summed E-state index contributed by atoms with van der Waals surface area (Å²) in [6.45, 7) is 2.42. The van der Waals surface area contributed by atoms with Crippen molar-refractivity contribution >= 4 is 64.6 Å². The highest BCUT2D eigenvalue weighted by Gasteiger charge is 2.32. The number of hydrogen-bond acceptors (Lipinski definition) is 1. The largest absolute Gasteiger partial charge is 0.306 e. The lowest BCUT2D eigenvalue weighted by atomic mass is 9.74. The van der Waals surface area contributed by atoms with Crippen LogP contribution in [0.1, 0.15) is 68.6 Å². The van der Waals surface area contributed by atoms with Gasteiger partial charge in [0.05, 0.1) is 5.38 Å². The summed E-state index contributed by atoms with van der Waals surface area (Å²) >= 11 is 14.1. The van der Waals surface area contributed by atoms with E-state index in [-0.39, 0.29) is 5.38 Å². The van der Waals surface area contributed by atoms with Gasteiger partial charge in [0, 0.05) is 14.9 Å². The lowest BCUT2D eigenvalue weighted by Gasteiger charge is -2.35. The van der Waals surface area contributed by atoms with Crippen molar-refractivity contribution in [1.29, 1.82) is 0 Å². The molecule has 0 spiro atoms. The van der Waals surface area contributed by atoms with E-state index in [4.69, 9.17) is 11.6 Å². The zero-order chi connectivity index (χ0) is 27.6. The predicted octanol–water partition coefficient (Wildman–Crippen LogP) is 10.6. The number of halogens is 3. The molecule has 2 atom stereocenters. The van der Waals surface area contributed by atoms with Gasteiger partial charge in [-0.2, -0.15) is 0 Å². The molecule has 1 heterocycles. The monoisotopic (exact) mass is 671 g/mol. The van der Waals surface area contributed by atoms with E-state index in [0.717, 1.165) is 21.5 Å². The molecule has 0 N–H and O–H groups in total. The second-order valence-electron chi connectivity index (χ2n) is 10.9. The van der Waals surface area contributed by atoms with Crippen LogP contribution in [0.15, 0.2) is 97.1 Å². The molecule has 4 aromatic rings. The molecule has 1 fully saturated rings. The fourth-order valence-electron chi connectivity index (χ4n) is 6.35. The van der Waals surface area contributed by atoms with Crippen molar-refractivity contribution in [3.8, 4) is 0 Å². The number of fused-ring (bicyclic) bond motifs is 4. The van der Waals surface area contributed by atoms with Crippen molar-refractivity contribution in [1.82, 2.24) is 4.90 Å². The zero-order valence-electron chi connectivity index (χ0n) is 22.5. The van der Waals surface area contributed by atoms with E-state index < -0.39 is 0 Å². The third-order valence-corrected chi connectivity index (χ3v) is 10.2. The highest BCUT2D eigenvalue weighted by atomic mass is 79.9. The van der Waals surface area contributed by atoms with Crippen LogP contribution >= 0.6 is 43.5 Å². The average Bonchev–Trinajstić information content (AvgIpc) is 3.18. The smallest absolute Gasteiger partial charge is 0.0847 e. The maximum absolute atomic E-state index is 6.59. The third kappa shape index (κ3) is 5.54. The minimum Gasteiger partial charge on any atom is -0.306 e. The highest BCUT2D eigenvalue weighted by molar-refractivity contribution is 9.15. The second kappa shape index (κ2) is 12.2. The van der Waals surface area contributed by atoms with Crippen LogP contribution in [0.3, 0.4) is 0 Å². The zero-order valence-corrected chi connectivity index (χ0v) is 26.5. The number of alkyl halides is 1. The molecule has 40 heavy (non-hydrogen) atoms. The summed E-state index contributed by atoms with van der Waals surface area (Å²) in [6, 6.07) is 34.3. The summed E-state index contributed by atoms with van der Waals surface area (Å²) in [5, 5.41) is -0.0892. The number of nitrogens with zero attached hydrogens (tertiary/aromatic N) is 1. The molecule has 7 rings (SSSR count). The standard InChI is InChI=1S/C21H22BrN.C15H10BrCl/c1-23-12-10-15(11-13-23)21-17-7-3-2-6-16(17)14-20(22)18-8-4-5-9-19(18)21;16-14-9-10-5-1-2-6-11(10)15(17)13-8-4-3-7-12(13)14/h2-9,14-15,21H,10-13H2,1H3;1-9,15H.